The number of carbonyl (C=O) groups is 4. The van der Waals surface area contributed by atoms with Gasteiger partial charge >= 0.3 is 17.9 Å². The van der Waals surface area contributed by atoms with Crippen molar-refractivity contribution in [2.75, 3.05) is 6.61 Å². The van der Waals surface area contributed by atoms with Gasteiger partial charge in [-0.2, -0.15) is 0 Å². The number of carbonyl (C=O) groups excluding carboxylic acids is 4. The lowest BCUT2D eigenvalue weighted by Crippen LogP contribution is -2.46. The fourth-order valence-electron chi connectivity index (χ4n) is 3.03. The molecule has 1 fully saturated rings. The molecule has 2 N–H and O–H groups in total. The number of ether oxygens (including phenoxy) is 3. The molecule has 0 radical (unpaired) electrons. The average Bonchev–Trinajstić information content (AvgIpc) is 2.74. The average molecular weight is 436 g/mol. The Balaban J connectivity index is 2.24. The predicted molar refractivity (Wildman–Crippen MR) is 107 cm³/mol. The van der Waals surface area contributed by atoms with Crippen LogP contribution in [0.3, 0.4) is 0 Å². The molecule has 10 nitrogen and oxygen atoms in total. The zero-order valence-electron chi connectivity index (χ0n) is 18.2. The molecule has 170 valence electrons. The Labute approximate surface area is 180 Å². The third kappa shape index (κ3) is 5.93. The number of aromatic nitrogens is 1. The maximum atomic E-state index is 12.7. The van der Waals surface area contributed by atoms with Crippen molar-refractivity contribution in [3.63, 3.8) is 0 Å². The Hall–Kier alpha value is -3.17. The second-order valence-electron chi connectivity index (χ2n) is 7.69. The lowest BCUT2D eigenvalue weighted by molar-refractivity contribution is -0.176. The number of nitrogens with zero attached hydrogens (tertiary/aromatic N) is 1. The van der Waals surface area contributed by atoms with E-state index >= 15 is 0 Å². The van der Waals surface area contributed by atoms with E-state index in [1.165, 1.54) is 19.1 Å². The zero-order chi connectivity index (χ0) is 23.3. The van der Waals surface area contributed by atoms with E-state index in [-0.39, 0.29) is 17.9 Å². The Morgan fingerprint density at radius 3 is 2.58 bits per heavy atom. The van der Waals surface area contributed by atoms with E-state index in [4.69, 9.17) is 14.2 Å². The van der Waals surface area contributed by atoms with Gasteiger partial charge in [0.15, 0.2) is 17.8 Å². The first-order valence-corrected chi connectivity index (χ1v) is 10.1. The van der Waals surface area contributed by atoms with Gasteiger partial charge in [0.2, 0.25) is 0 Å². The van der Waals surface area contributed by atoms with E-state index in [0.717, 1.165) is 0 Å². The minimum Gasteiger partial charge on any atom is -0.505 e. The quantitative estimate of drug-likeness (QED) is 0.515. The molecule has 1 aromatic rings. The summed E-state index contributed by atoms with van der Waals surface area (Å²) in [6.07, 6.45) is -1.71. The third-order valence-electron chi connectivity index (χ3n) is 4.84. The van der Waals surface area contributed by atoms with Gasteiger partial charge in [-0.3, -0.25) is 14.4 Å². The van der Waals surface area contributed by atoms with Gasteiger partial charge in [-0.15, -0.1) is 0 Å². The van der Waals surface area contributed by atoms with E-state index in [2.05, 4.69) is 10.3 Å². The molecule has 0 saturated carbocycles. The summed E-state index contributed by atoms with van der Waals surface area (Å²) in [7, 11) is 0. The van der Waals surface area contributed by atoms with Crippen molar-refractivity contribution in [1.29, 1.82) is 0 Å². The van der Waals surface area contributed by atoms with Gasteiger partial charge in [0.05, 0.1) is 11.8 Å². The SMILES string of the molecule is CC[C@H]1C(=O)OCC(NC(=O)c2nc(C)ccc2O)C(=O)O[C@@H](C)[C@@H]1OC(=O)C(C)C. The molecule has 1 aromatic heterocycles. The van der Waals surface area contributed by atoms with Crippen molar-refractivity contribution in [2.45, 2.75) is 59.3 Å². The Kier molecular flexibility index (Phi) is 7.95. The first-order chi connectivity index (χ1) is 14.5. The Morgan fingerprint density at radius 1 is 1.29 bits per heavy atom. The maximum Gasteiger partial charge on any atom is 0.332 e. The van der Waals surface area contributed by atoms with Crippen LogP contribution in [-0.2, 0) is 28.6 Å². The van der Waals surface area contributed by atoms with Crippen LogP contribution in [0.15, 0.2) is 12.1 Å². The number of esters is 3. The van der Waals surface area contributed by atoms with Crippen molar-refractivity contribution in [1.82, 2.24) is 10.3 Å². The molecule has 1 amide bonds. The summed E-state index contributed by atoms with van der Waals surface area (Å²) in [4.78, 5) is 53.9. The second-order valence-corrected chi connectivity index (χ2v) is 7.69. The highest BCUT2D eigenvalue weighted by Crippen LogP contribution is 2.23. The van der Waals surface area contributed by atoms with Crippen LogP contribution in [0, 0.1) is 18.8 Å². The minimum atomic E-state index is -1.34. The monoisotopic (exact) mass is 436 g/mol. The highest BCUT2D eigenvalue weighted by atomic mass is 16.6. The van der Waals surface area contributed by atoms with Crippen molar-refractivity contribution >= 4 is 23.8 Å². The Morgan fingerprint density at radius 2 is 1.97 bits per heavy atom. The summed E-state index contributed by atoms with van der Waals surface area (Å²) < 4.78 is 16.1. The molecule has 1 aliphatic rings. The van der Waals surface area contributed by atoms with Crippen LogP contribution in [0.4, 0.5) is 0 Å². The molecular weight excluding hydrogens is 408 g/mol. The van der Waals surface area contributed by atoms with Crippen LogP contribution < -0.4 is 5.32 Å². The molecule has 0 spiro atoms. The zero-order valence-corrected chi connectivity index (χ0v) is 18.2. The molecule has 2 rings (SSSR count). The third-order valence-corrected chi connectivity index (χ3v) is 4.84. The van der Waals surface area contributed by atoms with Gasteiger partial charge in [-0.25, -0.2) is 9.78 Å². The van der Waals surface area contributed by atoms with Crippen LogP contribution in [0.1, 0.15) is 50.3 Å². The molecule has 1 saturated heterocycles. The van der Waals surface area contributed by atoms with E-state index < -0.39 is 60.5 Å². The molecular formula is C21H28N2O8. The van der Waals surface area contributed by atoms with Crippen LogP contribution in [0.5, 0.6) is 5.75 Å². The second kappa shape index (κ2) is 10.2. The molecule has 0 bridgehead atoms. The number of cyclic esters (lactones) is 2. The maximum absolute atomic E-state index is 12.7. The van der Waals surface area contributed by atoms with E-state index in [1.807, 2.05) is 0 Å². The molecule has 4 atom stereocenters. The van der Waals surface area contributed by atoms with Gasteiger partial charge < -0.3 is 24.6 Å². The topological polar surface area (TPSA) is 141 Å². The number of nitrogens with one attached hydrogen (secondary N) is 1. The number of amides is 1. The van der Waals surface area contributed by atoms with Gasteiger partial charge in [0.25, 0.3) is 5.91 Å². The predicted octanol–water partition coefficient (Wildman–Crippen LogP) is 1.28. The van der Waals surface area contributed by atoms with E-state index in [9.17, 15) is 24.3 Å². The normalized spacial score (nSPS) is 24.3. The van der Waals surface area contributed by atoms with Crippen LogP contribution in [0.2, 0.25) is 0 Å². The highest BCUT2D eigenvalue weighted by molar-refractivity contribution is 5.97. The van der Waals surface area contributed by atoms with E-state index in [0.29, 0.717) is 5.69 Å². The van der Waals surface area contributed by atoms with Crippen molar-refractivity contribution in [3.8, 4) is 5.75 Å². The smallest absolute Gasteiger partial charge is 0.332 e. The summed E-state index contributed by atoms with van der Waals surface area (Å²) in [5, 5.41) is 12.3. The highest BCUT2D eigenvalue weighted by Gasteiger charge is 2.41. The summed E-state index contributed by atoms with van der Waals surface area (Å²) in [5.41, 5.74) is 0.211. The first-order valence-electron chi connectivity index (χ1n) is 10.1. The summed E-state index contributed by atoms with van der Waals surface area (Å²) in [5.74, 6) is -4.57. The molecule has 2 heterocycles. The number of pyridine rings is 1. The number of aryl methyl sites for hydroxylation is 1. The Bertz CT molecular complexity index is 854. The fraction of sp³-hybridized carbons (Fsp3) is 0.571. The van der Waals surface area contributed by atoms with Crippen molar-refractivity contribution in [2.24, 2.45) is 11.8 Å². The van der Waals surface area contributed by atoms with Gasteiger partial charge in [0.1, 0.15) is 18.5 Å². The lowest BCUT2D eigenvalue weighted by atomic mass is 9.95. The lowest BCUT2D eigenvalue weighted by Gasteiger charge is -2.29. The van der Waals surface area contributed by atoms with E-state index in [1.54, 1.807) is 27.7 Å². The fourth-order valence-corrected chi connectivity index (χ4v) is 3.03. The first kappa shape index (κ1) is 24.1. The molecule has 1 aliphatic heterocycles. The molecule has 10 heteroatoms. The van der Waals surface area contributed by atoms with Crippen molar-refractivity contribution in [3.05, 3.63) is 23.5 Å². The number of hydrogen-bond acceptors (Lipinski definition) is 9. The minimum absolute atomic E-state index is 0.276. The number of rotatable bonds is 5. The largest absolute Gasteiger partial charge is 0.505 e. The summed E-state index contributed by atoms with van der Waals surface area (Å²) in [6.45, 7) is 7.67. The number of aromatic hydroxyl groups is 1. The summed E-state index contributed by atoms with van der Waals surface area (Å²) in [6, 6.07) is 1.49. The molecule has 1 unspecified atom stereocenters. The molecule has 31 heavy (non-hydrogen) atoms. The van der Waals surface area contributed by atoms with Gasteiger partial charge in [0, 0.05) is 5.69 Å². The van der Waals surface area contributed by atoms with Crippen LogP contribution >= 0.6 is 0 Å². The number of hydrogen-bond donors (Lipinski definition) is 2. The molecule has 0 aliphatic carbocycles. The van der Waals surface area contributed by atoms with Crippen LogP contribution in [-0.4, -0.2) is 58.8 Å². The van der Waals surface area contributed by atoms with Crippen molar-refractivity contribution < 1.29 is 38.5 Å². The van der Waals surface area contributed by atoms with Crippen LogP contribution in [0.25, 0.3) is 0 Å². The van der Waals surface area contributed by atoms with Gasteiger partial charge in [-0.1, -0.05) is 20.8 Å². The van der Waals surface area contributed by atoms with Gasteiger partial charge in [-0.05, 0) is 32.4 Å². The summed E-state index contributed by atoms with van der Waals surface area (Å²) >= 11 is 0. The molecule has 0 aromatic carbocycles. The standard InChI is InChI=1S/C21H28N2O8/c1-6-13-17(31-19(26)10(2)3)12(5)30-21(28)14(9-29-20(13)27)23-18(25)16-15(24)8-7-11(4)22-16/h7-8,10,12-14,17,24H,6,9H2,1-5H3,(H,23,25)/t12-,13+,14?,17-/m0/s1.